The zero-order chi connectivity index (χ0) is 14.9. The molecule has 1 heterocycles. The first-order valence-corrected chi connectivity index (χ1v) is 6.17. The molecule has 8 heteroatoms. The van der Waals surface area contributed by atoms with E-state index >= 15 is 0 Å². The number of aromatic nitrogens is 1. The number of nitrogens with one attached hydrogen (secondary N) is 2. The van der Waals surface area contributed by atoms with Gasteiger partial charge in [-0.3, -0.25) is 0 Å². The predicted molar refractivity (Wildman–Crippen MR) is 71.0 cm³/mol. The molecule has 0 saturated heterocycles. The molecule has 0 unspecified atom stereocenters. The Morgan fingerprint density at radius 1 is 0.900 bits per heavy atom. The van der Waals surface area contributed by atoms with E-state index < -0.39 is 29.1 Å². The number of halogens is 5. The third-order valence-corrected chi connectivity index (χ3v) is 3.04. The summed E-state index contributed by atoms with van der Waals surface area (Å²) in [6, 6.07) is 2.31. The molecule has 0 aliphatic rings. The highest BCUT2D eigenvalue weighted by Gasteiger charge is 2.14. The van der Waals surface area contributed by atoms with Crippen LogP contribution in [0.1, 0.15) is 0 Å². The van der Waals surface area contributed by atoms with Gasteiger partial charge in [-0.1, -0.05) is 0 Å². The maximum Gasteiger partial charge on any atom is 0.169 e. The zero-order valence-corrected chi connectivity index (χ0v) is 11.7. The number of anilines is 3. The van der Waals surface area contributed by atoms with Gasteiger partial charge in [0.1, 0.15) is 11.6 Å². The van der Waals surface area contributed by atoms with Crippen molar-refractivity contribution in [3.8, 4) is 0 Å². The van der Waals surface area contributed by atoms with Gasteiger partial charge in [0.2, 0.25) is 0 Å². The molecule has 0 aliphatic heterocycles. The second-order valence-corrected chi connectivity index (χ2v) is 4.62. The molecule has 1 aromatic heterocycles. The van der Waals surface area contributed by atoms with E-state index in [9.17, 15) is 17.6 Å². The van der Waals surface area contributed by atoms with Gasteiger partial charge in [0.25, 0.3) is 0 Å². The lowest BCUT2D eigenvalue weighted by molar-refractivity contribution is 0.578. The molecule has 106 valence electrons. The minimum absolute atomic E-state index is 0.0657. The topological polar surface area (TPSA) is 37.0 Å². The van der Waals surface area contributed by atoms with Crippen molar-refractivity contribution in [2.75, 3.05) is 17.7 Å². The van der Waals surface area contributed by atoms with Crippen molar-refractivity contribution < 1.29 is 17.6 Å². The summed E-state index contributed by atoms with van der Waals surface area (Å²) >= 11 is 2.82. The molecule has 0 fully saturated rings. The Morgan fingerprint density at radius 3 is 2.20 bits per heavy atom. The van der Waals surface area contributed by atoms with Gasteiger partial charge in [-0.2, -0.15) is 0 Å². The van der Waals surface area contributed by atoms with Crippen molar-refractivity contribution in [1.29, 1.82) is 0 Å². The van der Waals surface area contributed by atoms with Gasteiger partial charge in [-0.05, 0) is 22.0 Å². The van der Waals surface area contributed by atoms with Crippen LogP contribution in [0.5, 0.6) is 0 Å². The molecule has 2 rings (SSSR count). The lowest BCUT2D eigenvalue weighted by atomic mass is 10.3. The fourth-order valence-corrected chi connectivity index (χ4v) is 1.79. The van der Waals surface area contributed by atoms with Gasteiger partial charge in [-0.25, -0.2) is 22.5 Å². The summed E-state index contributed by atoms with van der Waals surface area (Å²) in [7, 11) is 1.40. The van der Waals surface area contributed by atoms with Crippen molar-refractivity contribution in [2.45, 2.75) is 0 Å². The zero-order valence-electron chi connectivity index (χ0n) is 10.1. The van der Waals surface area contributed by atoms with Crippen molar-refractivity contribution in [2.24, 2.45) is 0 Å². The van der Waals surface area contributed by atoms with Crippen molar-refractivity contribution in [1.82, 2.24) is 4.98 Å². The second-order valence-electron chi connectivity index (χ2n) is 3.77. The Bertz CT molecular complexity index is 664. The Balaban J connectivity index is 2.42. The minimum Gasteiger partial charge on any atom is -0.371 e. The maximum absolute atomic E-state index is 13.6. The lowest BCUT2D eigenvalue weighted by Gasteiger charge is -2.10. The summed E-state index contributed by atoms with van der Waals surface area (Å²) in [4.78, 5) is 3.61. The van der Waals surface area contributed by atoms with E-state index in [0.717, 1.165) is 12.1 Å². The Hall–Kier alpha value is -1.83. The van der Waals surface area contributed by atoms with E-state index in [1.807, 2.05) is 0 Å². The van der Waals surface area contributed by atoms with Gasteiger partial charge in [0.15, 0.2) is 23.3 Å². The lowest BCUT2D eigenvalue weighted by Crippen LogP contribution is -2.05. The molecular weight excluding hydrogens is 342 g/mol. The summed E-state index contributed by atoms with van der Waals surface area (Å²) < 4.78 is 53.7. The first-order valence-electron chi connectivity index (χ1n) is 5.37. The van der Waals surface area contributed by atoms with E-state index in [2.05, 4.69) is 31.5 Å². The summed E-state index contributed by atoms with van der Waals surface area (Å²) in [5.41, 5.74) is -0.314. The molecule has 0 aliphatic carbocycles. The van der Waals surface area contributed by atoms with E-state index in [1.165, 1.54) is 7.05 Å². The fraction of sp³-hybridized carbons (Fsp3) is 0.0833. The predicted octanol–water partition coefficient (Wildman–Crippen LogP) is 4.19. The van der Waals surface area contributed by atoms with Crippen LogP contribution in [0.2, 0.25) is 0 Å². The molecular formula is C12H8BrF4N3. The van der Waals surface area contributed by atoms with Crippen molar-refractivity contribution in [3.05, 3.63) is 45.9 Å². The van der Waals surface area contributed by atoms with Gasteiger partial charge >= 0.3 is 0 Å². The summed E-state index contributed by atoms with van der Waals surface area (Å²) in [6.07, 6.45) is 0. The molecule has 0 atom stereocenters. The SMILES string of the molecule is CNc1nc(Nc2cc(F)c(Br)cc2F)c(F)cc1F. The highest BCUT2D eigenvalue weighted by atomic mass is 79.9. The van der Waals surface area contributed by atoms with E-state index in [1.54, 1.807) is 0 Å². The second kappa shape index (κ2) is 5.66. The van der Waals surface area contributed by atoms with Gasteiger partial charge in [0, 0.05) is 19.2 Å². The number of nitrogens with zero attached hydrogens (tertiary/aromatic N) is 1. The monoisotopic (exact) mass is 349 g/mol. The standard InChI is InChI=1S/C12H8BrF4N3/c1-18-11-8(16)3-9(17)12(20-11)19-10-4-6(14)5(13)2-7(10)15/h2-4H,1H3,(H2,18,19,20). The van der Waals surface area contributed by atoms with Gasteiger partial charge in [-0.15, -0.1) is 0 Å². The first-order chi connectivity index (χ1) is 9.42. The number of benzene rings is 1. The largest absolute Gasteiger partial charge is 0.371 e. The molecule has 0 spiro atoms. The molecule has 2 N–H and O–H groups in total. The Kier molecular flexibility index (Phi) is 4.12. The quantitative estimate of drug-likeness (QED) is 0.644. The van der Waals surface area contributed by atoms with Crippen LogP contribution in [0.15, 0.2) is 22.7 Å². The highest BCUT2D eigenvalue weighted by Crippen LogP contribution is 2.27. The fourth-order valence-electron chi connectivity index (χ4n) is 1.48. The van der Waals surface area contributed by atoms with Crippen LogP contribution in [0, 0.1) is 23.3 Å². The van der Waals surface area contributed by atoms with Crippen molar-refractivity contribution >= 4 is 33.3 Å². The normalized spacial score (nSPS) is 10.5. The molecule has 0 bridgehead atoms. The first kappa shape index (κ1) is 14.6. The molecule has 0 amide bonds. The summed E-state index contributed by atoms with van der Waals surface area (Å²) in [6.45, 7) is 0. The third-order valence-electron chi connectivity index (χ3n) is 2.43. The Labute approximate surface area is 120 Å². The van der Waals surface area contributed by atoms with Crippen LogP contribution in [0.4, 0.5) is 34.9 Å². The molecule has 1 aromatic carbocycles. The van der Waals surface area contributed by atoms with E-state index in [4.69, 9.17) is 0 Å². The number of hydrogen-bond acceptors (Lipinski definition) is 3. The average Bonchev–Trinajstić information content (AvgIpc) is 2.38. The number of hydrogen-bond donors (Lipinski definition) is 2. The van der Waals surface area contributed by atoms with Crippen molar-refractivity contribution in [3.63, 3.8) is 0 Å². The van der Waals surface area contributed by atoms with Crippen LogP contribution in [-0.2, 0) is 0 Å². The van der Waals surface area contributed by atoms with Gasteiger partial charge < -0.3 is 10.6 Å². The number of rotatable bonds is 3. The summed E-state index contributed by atoms with van der Waals surface area (Å²) in [5, 5.41) is 4.70. The molecule has 0 saturated carbocycles. The summed E-state index contributed by atoms with van der Waals surface area (Å²) in [5.74, 6) is -4.09. The minimum atomic E-state index is -1.02. The van der Waals surface area contributed by atoms with Crippen LogP contribution in [-0.4, -0.2) is 12.0 Å². The van der Waals surface area contributed by atoms with E-state index in [0.29, 0.717) is 6.07 Å². The average molecular weight is 350 g/mol. The molecule has 0 radical (unpaired) electrons. The highest BCUT2D eigenvalue weighted by molar-refractivity contribution is 9.10. The van der Waals surface area contributed by atoms with Gasteiger partial charge in [0.05, 0.1) is 10.2 Å². The number of pyridine rings is 1. The molecule has 20 heavy (non-hydrogen) atoms. The van der Waals surface area contributed by atoms with Crippen LogP contribution in [0.25, 0.3) is 0 Å². The van der Waals surface area contributed by atoms with Crippen LogP contribution < -0.4 is 10.6 Å². The third kappa shape index (κ3) is 2.84. The molecule has 3 nitrogen and oxygen atoms in total. The smallest absolute Gasteiger partial charge is 0.169 e. The maximum atomic E-state index is 13.6. The van der Waals surface area contributed by atoms with Crippen LogP contribution in [0.3, 0.4) is 0 Å². The van der Waals surface area contributed by atoms with E-state index in [-0.39, 0.29) is 16.0 Å². The molecule has 2 aromatic rings. The van der Waals surface area contributed by atoms with Crippen LogP contribution >= 0.6 is 15.9 Å². The Morgan fingerprint density at radius 2 is 1.55 bits per heavy atom.